The van der Waals surface area contributed by atoms with E-state index in [0.717, 1.165) is 33.8 Å². The fraction of sp³-hybridized carbons (Fsp3) is 0.0909. The number of halogens is 1. The molecule has 0 spiro atoms. The Balaban J connectivity index is 1.72. The molecule has 6 heteroatoms. The van der Waals surface area contributed by atoms with Crippen molar-refractivity contribution in [2.75, 3.05) is 6.54 Å². The summed E-state index contributed by atoms with van der Waals surface area (Å²) in [5.74, 6) is -0.567. The van der Waals surface area contributed by atoms with E-state index >= 15 is 0 Å². The predicted octanol–water partition coefficient (Wildman–Crippen LogP) is 5.05. The third kappa shape index (κ3) is 3.39. The maximum absolute atomic E-state index is 13.2. The highest BCUT2D eigenvalue weighted by atomic mass is 32.2. The van der Waals surface area contributed by atoms with Gasteiger partial charge in [0.15, 0.2) is 0 Å². The molecule has 2 aromatic carbocycles. The van der Waals surface area contributed by atoms with Gasteiger partial charge in [0.05, 0.1) is 4.91 Å². The number of benzene rings is 2. The van der Waals surface area contributed by atoms with Crippen LogP contribution < -0.4 is 0 Å². The monoisotopic (exact) mass is 392 g/mol. The summed E-state index contributed by atoms with van der Waals surface area (Å²) in [4.78, 5) is 26.1. The largest absolute Gasteiger partial charge is 0.342 e. The Bertz CT molecular complexity index is 1120. The number of aromatic nitrogens is 1. The molecule has 1 saturated heterocycles. The van der Waals surface area contributed by atoms with Crippen LogP contribution in [-0.2, 0) is 11.3 Å². The van der Waals surface area contributed by atoms with Crippen LogP contribution in [0.2, 0.25) is 0 Å². The zero-order chi connectivity index (χ0) is 19.7. The van der Waals surface area contributed by atoms with Gasteiger partial charge in [-0.25, -0.2) is 4.39 Å². The summed E-state index contributed by atoms with van der Waals surface area (Å²) in [7, 11) is 0. The fourth-order valence-electron chi connectivity index (χ4n) is 3.24. The summed E-state index contributed by atoms with van der Waals surface area (Å²) >= 11 is 0.940. The van der Waals surface area contributed by atoms with Gasteiger partial charge >= 0.3 is 0 Å². The molecular weight excluding hydrogens is 375 g/mol. The Morgan fingerprint density at radius 1 is 1.07 bits per heavy atom. The first kappa shape index (κ1) is 18.3. The zero-order valence-corrected chi connectivity index (χ0v) is 15.8. The van der Waals surface area contributed by atoms with Gasteiger partial charge in [-0.2, -0.15) is 0 Å². The molecule has 0 atom stereocenters. The lowest BCUT2D eigenvalue weighted by Crippen LogP contribution is -2.27. The Morgan fingerprint density at radius 3 is 2.57 bits per heavy atom. The van der Waals surface area contributed by atoms with Crippen molar-refractivity contribution < 1.29 is 14.0 Å². The van der Waals surface area contributed by atoms with Crippen molar-refractivity contribution in [2.45, 2.75) is 6.54 Å². The molecule has 0 N–H and O–H groups in total. The highest BCUT2D eigenvalue weighted by Crippen LogP contribution is 2.34. The van der Waals surface area contributed by atoms with Gasteiger partial charge in [0.25, 0.3) is 11.1 Å². The number of carbonyl (C=O) groups is 2. The summed E-state index contributed by atoms with van der Waals surface area (Å²) in [6.07, 6.45) is 5.25. The third-order valence-electron chi connectivity index (χ3n) is 4.56. The fourth-order valence-corrected chi connectivity index (χ4v) is 4.07. The first-order valence-corrected chi connectivity index (χ1v) is 9.57. The van der Waals surface area contributed by atoms with Crippen LogP contribution in [0.4, 0.5) is 9.18 Å². The van der Waals surface area contributed by atoms with Crippen LogP contribution in [0.15, 0.2) is 72.3 Å². The summed E-state index contributed by atoms with van der Waals surface area (Å²) in [5, 5.41) is 0.700. The average Bonchev–Trinajstić information content (AvgIpc) is 3.17. The Kier molecular flexibility index (Phi) is 4.88. The lowest BCUT2D eigenvalue weighted by atomic mass is 10.1. The van der Waals surface area contributed by atoms with Crippen LogP contribution >= 0.6 is 11.8 Å². The topological polar surface area (TPSA) is 42.3 Å². The SMILES string of the molecule is C=CCN1C(=O)S/C(=C/c2cn(Cc3ccc(F)cc3)c3ccccc23)C1=O. The molecule has 0 unspecified atom stereocenters. The van der Waals surface area contributed by atoms with Crippen LogP contribution in [0.1, 0.15) is 11.1 Å². The van der Waals surface area contributed by atoms with Gasteiger partial charge in [-0.05, 0) is 41.6 Å². The molecule has 4 rings (SSSR count). The van der Waals surface area contributed by atoms with Gasteiger partial charge in [-0.15, -0.1) is 6.58 Å². The molecule has 28 heavy (non-hydrogen) atoms. The van der Waals surface area contributed by atoms with Gasteiger partial charge < -0.3 is 4.57 Å². The summed E-state index contributed by atoms with van der Waals surface area (Å²) < 4.78 is 15.2. The van der Waals surface area contributed by atoms with Gasteiger partial charge in [0, 0.05) is 35.8 Å². The normalized spacial score (nSPS) is 15.8. The van der Waals surface area contributed by atoms with Crippen molar-refractivity contribution in [3.8, 4) is 0 Å². The Hall–Kier alpha value is -3.12. The van der Waals surface area contributed by atoms with Crippen molar-refractivity contribution in [3.63, 3.8) is 0 Å². The molecule has 2 heterocycles. The number of thioether (sulfide) groups is 1. The van der Waals surface area contributed by atoms with Crippen molar-refractivity contribution in [3.05, 3.63) is 89.2 Å². The molecule has 0 aliphatic carbocycles. The molecule has 1 aliphatic rings. The predicted molar refractivity (Wildman–Crippen MR) is 110 cm³/mol. The number of amides is 2. The van der Waals surface area contributed by atoms with E-state index < -0.39 is 0 Å². The van der Waals surface area contributed by atoms with Crippen LogP contribution in [0.3, 0.4) is 0 Å². The molecule has 1 aliphatic heterocycles. The van der Waals surface area contributed by atoms with Crippen molar-refractivity contribution in [1.29, 1.82) is 0 Å². The minimum absolute atomic E-state index is 0.203. The number of hydrogen-bond acceptors (Lipinski definition) is 3. The first-order valence-electron chi connectivity index (χ1n) is 8.75. The van der Waals surface area contributed by atoms with Gasteiger partial charge in [0.2, 0.25) is 0 Å². The van der Waals surface area contributed by atoms with E-state index in [4.69, 9.17) is 0 Å². The number of carbonyl (C=O) groups excluding carboxylic acids is 2. The molecular formula is C22H17FN2O2S. The lowest BCUT2D eigenvalue weighted by molar-refractivity contribution is -0.122. The highest BCUT2D eigenvalue weighted by molar-refractivity contribution is 8.18. The third-order valence-corrected chi connectivity index (χ3v) is 5.46. The first-order chi connectivity index (χ1) is 13.6. The Morgan fingerprint density at radius 2 is 1.82 bits per heavy atom. The second kappa shape index (κ2) is 7.48. The van der Waals surface area contributed by atoms with E-state index in [0.29, 0.717) is 11.4 Å². The number of imide groups is 1. The Labute approximate surface area is 165 Å². The summed E-state index contributed by atoms with van der Waals surface area (Å²) in [5.41, 5.74) is 2.84. The maximum atomic E-state index is 13.2. The van der Waals surface area contributed by atoms with Crippen molar-refractivity contribution >= 4 is 39.9 Å². The molecule has 2 amide bonds. The van der Waals surface area contributed by atoms with Crippen molar-refractivity contribution in [2.24, 2.45) is 0 Å². The molecule has 1 aromatic heterocycles. The minimum atomic E-state index is -0.301. The molecule has 3 aromatic rings. The molecule has 4 nitrogen and oxygen atoms in total. The van der Waals surface area contributed by atoms with E-state index in [-0.39, 0.29) is 23.5 Å². The van der Waals surface area contributed by atoms with E-state index in [1.54, 1.807) is 18.2 Å². The van der Waals surface area contributed by atoms with E-state index in [9.17, 15) is 14.0 Å². The van der Waals surface area contributed by atoms with Crippen LogP contribution in [0, 0.1) is 5.82 Å². The molecule has 0 bridgehead atoms. The number of para-hydroxylation sites is 1. The summed E-state index contributed by atoms with van der Waals surface area (Å²) in [6.45, 7) is 4.37. The number of rotatable bonds is 5. The highest BCUT2D eigenvalue weighted by Gasteiger charge is 2.34. The molecule has 1 fully saturated rings. The lowest BCUT2D eigenvalue weighted by Gasteiger charge is -2.07. The van der Waals surface area contributed by atoms with Crippen LogP contribution in [-0.4, -0.2) is 27.2 Å². The van der Waals surface area contributed by atoms with E-state index in [1.165, 1.54) is 23.1 Å². The van der Waals surface area contributed by atoms with Crippen LogP contribution in [0.5, 0.6) is 0 Å². The number of fused-ring (bicyclic) bond motifs is 1. The smallest absolute Gasteiger partial charge is 0.293 e. The second-order valence-electron chi connectivity index (χ2n) is 6.44. The average molecular weight is 392 g/mol. The van der Waals surface area contributed by atoms with Crippen molar-refractivity contribution in [1.82, 2.24) is 9.47 Å². The number of hydrogen-bond donors (Lipinski definition) is 0. The van der Waals surface area contributed by atoms with E-state index in [1.807, 2.05) is 30.5 Å². The second-order valence-corrected chi connectivity index (χ2v) is 7.43. The molecule has 0 saturated carbocycles. The number of nitrogens with zero attached hydrogens (tertiary/aromatic N) is 2. The van der Waals surface area contributed by atoms with Gasteiger partial charge in [-0.1, -0.05) is 36.4 Å². The molecule has 140 valence electrons. The van der Waals surface area contributed by atoms with Gasteiger partial charge in [0.1, 0.15) is 5.82 Å². The van der Waals surface area contributed by atoms with Gasteiger partial charge in [-0.3, -0.25) is 14.5 Å². The summed E-state index contributed by atoms with van der Waals surface area (Å²) in [6, 6.07) is 14.3. The minimum Gasteiger partial charge on any atom is -0.342 e. The maximum Gasteiger partial charge on any atom is 0.293 e. The van der Waals surface area contributed by atoms with Crippen LogP contribution in [0.25, 0.3) is 17.0 Å². The molecule has 0 radical (unpaired) electrons. The van der Waals surface area contributed by atoms with E-state index in [2.05, 4.69) is 11.1 Å². The quantitative estimate of drug-likeness (QED) is 0.451. The zero-order valence-electron chi connectivity index (χ0n) is 15.0. The standard InChI is InChI=1S/C22H17FN2O2S/c1-2-11-25-21(26)20(28-22(25)27)12-16-14-24(19-6-4-3-5-18(16)19)13-15-7-9-17(23)10-8-15/h2-10,12,14H,1,11,13H2/b20-12+.